The molecule has 1 saturated heterocycles. The smallest absolute Gasteiger partial charge is 0.120 e. The summed E-state index contributed by atoms with van der Waals surface area (Å²) in [6, 6.07) is 9.16. The zero-order chi connectivity index (χ0) is 23.6. The average Bonchev–Trinajstić information content (AvgIpc) is 3.50. The lowest BCUT2D eigenvalue weighted by atomic mass is 10.1. The minimum atomic E-state index is 0.793. The first-order valence-corrected chi connectivity index (χ1v) is 13.1. The first kappa shape index (κ1) is 24.9. The molecule has 7 nitrogen and oxygen atoms in total. The Hall–Kier alpha value is -2.22. The van der Waals surface area contributed by atoms with Gasteiger partial charge in [0.05, 0.1) is 19.6 Å². The lowest BCUT2D eigenvalue weighted by molar-refractivity contribution is 0.218. The summed E-state index contributed by atoms with van der Waals surface area (Å²) in [7, 11) is 4.38. The van der Waals surface area contributed by atoms with Crippen molar-refractivity contribution in [1.82, 2.24) is 29.6 Å². The van der Waals surface area contributed by atoms with E-state index >= 15 is 0 Å². The third kappa shape index (κ3) is 7.93. The Morgan fingerprint density at radius 1 is 0.912 bits per heavy atom. The van der Waals surface area contributed by atoms with Crippen molar-refractivity contribution in [2.75, 3.05) is 59.9 Å². The maximum atomic E-state index is 4.69. The van der Waals surface area contributed by atoms with E-state index in [-0.39, 0.29) is 0 Å². The predicted octanol–water partition coefficient (Wildman–Crippen LogP) is 3.45. The number of hydrogen-bond acceptors (Lipinski definition) is 6. The standard InChI is InChI=1S/C27H43N7/c1-31(15-6-7-18-33-16-4-3-5-17-33)20-24-8-10-25(11-9-24)21-34(22-26-28-12-13-29-26)23-27-30-14-19-32(27)2/h8-13H,3-7,14-23H2,1-2H3,(H,28,29). The topological polar surface area (TPSA) is 54.0 Å². The number of amidine groups is 1. The van der Waals surface area contributed by atoms with E-state index in [1.54, 1.807) is 0 Å². The third-order valence-electron chi connectivity index (χ3n) is 7.06. The van der Waals surface area contributed by atoms with Gasteiger partial charge in [0.1, 0.15) is 11.7 Å². The van der Waals surface area contributed by atoms with Crippen LogP contribution in [-0.2, 0) is 19.6 Å². The maximum absolute atomic E-state index is 4.69. The number of H-pyrrole nitrogens is 1. The Morgan fingerprint density at radius 3 is 2.35 bits per heavy atom. The summed E-state index contributed by atoms with van der Waals surface area (Å²) in [5, 5.41) is 0. The second-order valence-electron chi connectivity index (χ2n) is 10.1. The Morgan fingerprint density at radius 2 is 1.68 bits per heavy atom. The van der Waals surface area contributed by atoms with Crippen molar-refractivity contribution in [3.8, 4) is 0 Å². The SMILES string of the molecule is CN(CCCCN1CCCCC1)Cc1ccc(CN(CC2=NCCN2C)Cc2ncc[nH]2)cc1. The van der Waals surface area contributed by atoms with Crippen LogP contribution < -0.4 is 0 Å². The molecule has 1 aromatic carbocycles. The molecule has 7 heteroatoms. The van der Waals surface area contributed by atoms with Gasteiger partial charge in [-0.05, 0) is 70.0 Å². The Bertz CT molecular complexity index is 856. The summed E-state index contributed by atoms with van der Waals surface area (Å²) in [6.45, 7) is 10.5. The number of aromatic amines is 1. The summed E-state index contributed by atoms with van der Waals surface area (Å²) in [6.07, 6.45) is 10.5. The number of hydrogen-bond donors (Lipinski definition) is 1. The van der Waals surface area contributed by atoms with Crippen molar-refractivity contribution in [2.24, 2.45) is 4.99 Å². The average molecular weight is 466 g/mol. The number of rotatable bonds is 13. The van der Waals surface area contributed by atoms with Gasteiger partial charge in [0.25, 0.3) is 0 Å². The van der Waals surface area contributed by atoms with Gasteiger partial charge in [0.2, 0.25) is 0 Å². The van der Waals surface area contributed by atoms with Crippen molar-refractivity contribution in [2.45, 2.75) is 51.7 Å². The summed E-state index contributed by atoms with van der Waals surface area (Å²) in [5.41, 5.74) is 2.72. The molecule has 0 atom stereocenters. The first-order chi connectivity index (χ1) is 16.7. The molecule has 1 aromatic heterocycles. The van der Waals surface area contributed by atoms with E-state index in [2.05, 4.69) is 67.9 Å². The normalized spacial score (nSPS) is 17.2. The van der Waals surface area contributed by atoms with Gasteiger partial charge in [-0.25, -0.2) is 4.98 Å². The molecule has 186 valence electrons. The number of benzene rings is 1. The molecule has 2 aromatic rings. The van der Waals surface area contributed by atoms with E-state index < -0.39 is 0 Å². The van der Waals surface area contributed by atoms with E-state index in [9.17, 15) is 0 Å². The summed E-state index contributed by atoms with van der Waals surface area (Å²) >= 11 is 0. The minimum absolute atomic E-state index is 0.793. The van der Waals surface area contributed by atoms with Crippen LogP contribution in [0.25, 0.3) is 0 Å². The number of nitrogens with one attached hydrogen (secondary N) is 1. The van der Waals surface area contributed by atoms with Crippen LogP contribution in [0.1, 0.15) is 49.1 Å². The van der Waals surface area contributed by atoms with Crippen molar-refractivity contribution < 1.29 is 0 Å². The molecule has 0 radical (unpaired) electrons. The number of aromatic nitrogens is 2. The molecule has 1 N–H and O–H groups in total. The number of piperidine rings is 1. The fourth-order valence-electron chi connectivity index (χ4n) is 5.01. The molecule has 0 unspecified atom stereocenters. The van der Waals surface area contributed by atoms with Crippen molar-refractivity contribution in [1.29, 1.82) is 0 Å². The summed E-state index contributed by atoms with van der Waals surface area (Å²) < 4.78 is 0. The van der Waals surface area contributed by atoms with Gasteiger partial charge in [-0.3, -0.25) is 9.89 Å². The number of unbranched alkanes of at least 4 members (excludes halogenated alkanes) is 1. The van der Waals surface area contributed by atoms with Crippen LogP contribution in [0.3, 0.4) is 0 Å². The number of nitrogens with zero attached hydrogens (tertiary/aromatic N) is 6. The van der Waals surface area contributed by atoms with Crippen LogP contribution in [0, 0.1) is 0 Å². The first-order valence-electron chi connectivity index (χ1n) is 13.1. The van der Waals surface area contributed by atoms with E-state index in [1.165, 1.54) is 75.2 Å². The molecule has 3 heterocycles. The molecule has 2 aliphatic heterocycles. The number of aliphatic imine (C=N–C) groups is 1. The highest BCUT2D eigenvalue weighted by molar-refractivity contribution is 5.85. The fraction of sp³-hybridized carbons (Fsp3) is 0.630. The molecule has 2 aliphatic rings. The predicted molar refractivity (Wildman–Crippen MR) is 140 cm³/mol. The van der Waals surface area contributed by atoms with Gasteiger partial charge in [0, 0.05) is 39.1 Å². The van der Waals surface area contributed by atoms with Gasteiger partial charge >= 0.3 is 0 Å². The molecule has 0 amide bonds. The monoisotopic (exact) mass is 465 g/mol. The Balaban J connectivity index is 1.23. The molecule has 0 aliphatic carbocycles. The molecule has 4 rings (SSSR count). The minimum Gasteiger partial charge on any atom is -0.360 e. The summed E-state index contributed by atoms with van der Waals surface area (Å²) in [4.78, 5) is 22.2. The van der Waals surface area contributed by atoms with Gasteiger partial charge in [-0.1, -0.05) is 30.7 Å². The van der Waals surface area contributed by atoms with Crippen LogP contribution in [0.5, 0.6) is 0 Å². The van der Waals surface area contributed by atoms with E-state index in [0.29, 0.717) is 0 Å². The van der Waals surface area contributed by atoms with Gasteiger partial charge in [-0.2, -0.15) is 0 Å². The molecule has 0 bridgehead atoms. The fourth-order valence-corrected chi connectivity index (χ4v) is 5.01. The van der Waals surface area contributed by atoms with Crippen molar-refractivity contribution in [3.63, 3.8) is 0 Å². The molecule has 1 fully saturated rings. The highest BCUT2D eigenvalue weighted by Crippen LogP contribution is 2.14. The molecular formula is C27H43N7. The highest BCUT2D eigenvalue weighted by atomic mass is 15.3. The quantitative estimate of drug-likeness (QED) is 0.459. The number of imidazole rings is 1. The van der Waals surface area contributed by atoms with Crippen molar-refractivity contribution in [3.05, 3.63) is 53.6 Å². The van der Waals surface area contributed by atoms with Crippen molar-refractivity contribution >= 4 is 5.84 Å². The van der Waals surface area contributed by atoms with Gasteiger partial charge in [-0.15, -0.1) is 0 Å². The number of likely N-dealkylation sites (tertiary alicyclic amines) is 1. The summed E-state index contributed by atoms with van der Waals surface area (Å²) in [5.74, 6) is 2.17. The molecular weight excluding hydrogens is 422 g/mol. The van der Waals surface area contributed by atoms with Crippen LogP contribution in [0.2, 0.25) is 0 Å². The zero-order valence-electron chi connectivity index (χ0n) is 21.3. The van der Waals surface area contributed by atoms with Crippen LogP contribution in [-0.4, -0.2) is 95.3 Å². The third-order valence-corrected chi connectivity index (χ3v) is 7.06. The highest BCUT2D eigenvalue weighted by Gasteiger charge is 2.18. The van der Waals surface area contributed by atoms with E-state index in [0.717, 1.165) is 45.1 Å². The Kier molecular flexibility index (Phi) is 9.53. The molecule has 0 spiro atoms. The van der Waals surface area contributed by atoms with Gasteiger partial charge < -0.3 is 19.7 Å². The van der Waals surface area contributed by atoms with Crippen LogP contribution in [0.15, 0.2) is 41.7 Å². The van der Waals surface area contributed by atoms with Gasteiger partial charge in [0.15, 0.2) is 0 Å². The Labute approximate surface area is 205 Å². The van der Waals surface area contributed by atoms with Crippen LogP contribution >= 0.6 is 0 Å². The largest absolute Gasteiger partial charge is 0.360 e. The lowest BCUT2D eigenvalue weighted by Crippen LogP contribution is -2.36. The molecule has 0 saturated carbocycles. The van der Waals surface area contributed by atoms with Crippen LogP contribution in [0.4, 0.5) is 0 Å². The zero-order valence-corrected chi connectivity index (χ0v) is 21.3. The molecule has 34 heavy (non-hydrogen) atoms. The number of likely N-dealkylation sites (N-methyl/N-ethyl adjacent to an activating group) is 1. The maximum Gasteiger partial charge on any atom is 0.120 e. The van der Waals surface area contributed by atoms with E-state index in [1.807, 2.05) is 12.4 Å². The van der Waals surface area contributed by atoms with E-state index in [4.69, 9.17) is 4.99 Å². The lowest BCUT2D eigenvalue weighted by Gasteiger charge is -2.26. The second-order valence-corrected chi connectivity index (χ2v) is 10.1. The second kappa shape index (κ2) is 13.0.